The Hall–Kier alpha value is -4.15. The summed E-state index contributed by atoms with van der Waals surface area (Å²) in [4.78, 5) is 15.2. The van der Waals surface area contributed by atoms with Gasteiger partial charge in [0.1, 0.15) is 23.9 Å². The van der Waals surface area contributed by atoms with Crippen LogP contribution in [0.2, 0.25) is 0 Å². The van der Waals surface area contributed by atoms with Crippen LogP contribution in [0.15, 0.2) is 95.2 Å². The van der Waals surface area contributed by atoms with E-state index in [1.165, 1.54) is 37.4 Å². The highest BCUT2D eigenvalue weighted by atomic mass is 32.2. The number of hydrogen-bond acceptors (Lipinski definition) is 7. The molecule has 4 rings (SSSR count). The number of imidazole rings is 1. The van der Waals surface area contributed by atoms with Gasteiger partial charge in [0.15, 0.2) is 0 Å². The van der Waals surface area contributed by atoms with Gasteiger partial charge in [0.25, 0.3) is 0 Å². The maximum absolute atomic E-state index is 13.3. The molecule has 0 saturated heterocycles. The number of rotatable bonds is 11. The Morgan fingerprint density at radius 1 is 0.917 bits per heavy atom. The lowest BCUT2D eigenvalue weighted by Crippen LogP contribution is -2.08. The summed E-state index contributed by atoms with van der Waals surface area (Å²) in [5, 5.41) is 9.17. The van der Waals surface area contributed by atoms with Crippen molar-refractivity contribution >= 4 is 15.8 Å². The first-order valence-electron chi connectivity index (χ1n) is 10.9. The van der Waals surface area contributed by atoms with E-state index in [1.54, 1.807) is 36.8 Å². The molecule has 0 aliphatic heterocycles. The Bertz CT molecular complexity index is 1420. The highest BCUT2D eigenvalue weighted by molar-refractivity contribution is 7.91. The van der Waals surface area contributed by atoms with Crippen molar-refractivity contribution in [3.05, 3.63) is 91.0 Å². The Kier molecular flexibility index (Phi) is 7.67. The van der Waals surface area contributed by atoms with E-state index >= 15 is 0 Å². The number of carboxylic acid groups (broad SMARTS) is 1. The largest absolute Gasteiger partial charge is 0.491 e. The van der Waals surface area contributed by atoms with Crippen LogP contribution in [0.4, 0.5) is 0 Å². The maximum Gasteiger partial charge on any atom is 0.307 e. The van der Waals surface area contributed by atoms with Crippen molar-refractivity contribution in [3.8, 4) is 22.9 Å². The van der Waals surface area contributed by atoms with Crippen molar-refractivity contribution in [2.24, 2.45) is 0 Å². The number of nitrogens with zero attached hydrogens (tertiary/aromatic N) is 2. The first kappa shape index (κ1) is 25.0. The SMILES string of the molecule is COCCOc1cc(CC(=O)O)cc(S(=O)(=O)c2ccc(Oc3ccc(-n4ccnc4)cc3)cc2)c1. The van der Waals surface area contributed by atoms with Crippen LogP contribution < -0.4 is 9.47 Å². The summed E-state index contributed by atoms with van der Waals surface area (Å²) in [6.45, 7) is 0.501. The summed E-state index contributed by atoms with van der Waals surface area (Å²) in [6, 6.07) is 17.6. The third-order valence-corrected chi connectivity index (χ3v) is 6.92. The number of ether oxygens (including phenoxy) is 3. The molecule has 0 saturated carbocycles. The second-order valence-electron chi connectivity index (χ2n) is 7.77. The molecule has 0 amide bonds. The molecule has 0 spiro atoms. The molecule has 36 heavy (non-hydrogen) atoms. The van der Waals surface area contributed by atoms with E-state index in [0.717, 1.165) is 5.69 Å². The van der Waals surface area contributed by atoms with Crippen LogP contribution in [0.1, 0.15) is 5.56 Å². The van der Waals surface area contributed by atoms with Crippen molar-refractivity contribution in [2.75, 3.05) is 20.3 Å². The van der Waals surface area contributed by atoms with Gasteiger partial charge in [-0.25, -0.2) is 13.4 Å². The average Bonchev–Trinajstić information content (AvgIpc) is 3.40. The molecule has 0 aliphatic carbocycles. The Morgan fingerprint density at radius 3 is 2.22 bits per heavy atom. The molecular formula is C26H24N2O7S. The van der Waals surface area contributed by atoms with Gasteiger partial charge < -0.3 is 23.9 Å². The number of hydrogen-bond donors (Lipinski definition) is 1. The minimum atomic E-state index is -3.94. The van der Waals surface area contributed by atoms with E-state index in [9.17, 15) is 13.2 Å². The Balaban J connectivity index is 1.53. The van der Waals surface area contributed by atoms with Gasteiger partial charge in [0, 0.05) is 25.2 Å². The molecule has 1 aromatic heterocycles. The quantitative estimate of drug-likeness (QED) is 0.300. The van der Waals surface area contributed by atoms with Crippen LogP contribution in [0.25, 0.3) is 5.69 Å². The van der Waals surface area contributed by atoms with Crippen molar-refractivity contribution in [2.45, 2.75) is 16.2 Å². The normalized spacial score (nSPS) is 11.2. The number of carbonyl (C=O) groups is 1. The van der Waals surface area contributed by atoms with Gasteiger partial charge in [0.2, 0.25) is 9.84 Å². The molecule has 3 aromatic carbocycles. The second kappa shape index (κ2) is 11.1. The molecule has 9 nitrogen and oxygen atoms in total. The number of aliphatic carboxylic acids is 1. The summed E-state index contributed by atoms with van der Waals surface area (Å²) in [7, 11) is -2.42. The fourth-order valence-electron chi connectivity index (χ4n) is 3.45. The van der Waals surface area contributed by atoms with Gasteiger partial charge in [-0.2, -0.15) is 0 Å². The number of sulfone groups is 1. The first-order chi connectivity index (χ1) is 17.3. The molecule has 0 fully saturated rings. The molecule has 10 heteroatoms. The minimum Gasteiger partial charge on any atom is -0.491 e. The fourth-order valence-corrected chi connectivity index (χ4v) is 4.79. The summed E-state index contributed by atoms with van der Waals surface area (Å²) in [6.07, 6.45) is 4.89. The molecule has 0 radical (unpaired) electrons. The maximum atomic E-state index is 13.3. The van der Waals surface area contributed by atoms with Crippen molar-refractivity contribution < 1.29 is 32.5 Å². The van der Waals surface area contributed by atoms with E-state index in [1.807, 2.05) is 22.9 Å². The van der Waals surface area contributed by atoms with Crippen LogP contribution in [-0.4, -0.2) is 49.4 Å². The van der Waals surface area contributed by atoms with Crippen molar-refractivity contribution in [1.29, 1.82) is 0 Å². The zero-order chi connectivity index (χ0) is 25.5. The Labute approximate surface area is 208 Å². The average molecular weight is 509 g/mol. The van der Waals surface area contributed by atoms with Gasteiger partial charge >= 0.3 is 5.97 Å². The van der Waals surface area contributed by atoms with E-state index in [-0.39, 0.29) is 28.6 Å². The highest BCUT2D eigenvalue weighted by Gasteiger charge is 2.20. The summed E-state index contributed by atoms with van der Waals surface area (Å²) in [5.41, 5.74) is 1.24. The number of benzene rings is 3. The fraction of sp³-hybridized carbons (Fsp3) is 0.154. The molecule has 1 N–H and O–H groups in total. The van der Waals surface area contributed by atoms with Crippen LogP contribution >= 0.6 is 0 Å². The lowest BCUT2D eigenvalue weighted by Gasteiger charge is -2.12. The van der Waals surface area contributed by atoms with Crippen LogP contribution in [-0.2, 0) is 25.8 Å². The van der Waals surface area contributed by atoms with Crippen LogP contribution in [0, 0.1) is 0 Å². The van der Waals surface area contributed by atoms with Crippen molar-refractivity contribution in [1.82, 2.24) is 9.55 Å². The van der Waals surface area contributed by atoms with Crippen LogP contribution in [0.3, 0.4) is 0 Å². The molecule has 0 bridgehead atoms. The zero-order valence-corrected chi connectivity index (χ0v) is 20.2. The topological polar surface area (TPSA) is 117 Å². The molecule has 0 unspecified atom stereocenters. The summed E-state index contributed by atoms with van der Waals surface area (Å²) in [5.74, 6) is 0.233. The molecule has 0 aliphatic rings. The molecule has 0 atom stereocenters. The highest BCUT2D eigenvalue weighted by Crippen LogP contribution is 2.29. The third kappa shape index (κ3) is 6.09. The lowest BCUT2D eigenvalue weighted by atomic mass is 10.1. The lowest BCUT2D eigenvalue weighted by molar-refractivity contribution is -0.136. The number of carboxylic acids is 1. The van der Waals surface area contributed by atoms with Gasteiger partial charge in [-0.05, 0) is 72.3 Å². The summed E-state index contributed by atoms with van der Waals surface area (Å²) >= 11 is 0. The van der Waals surface area contributed by atoms with E-state index in [4.69, 9.17) is 19.3 Å². The van der Waals surface area contributed by atoms with Gasteiger partial charge in [-0.15, -0.1) is 0 Å². The molecule has 186 valence electrons. The molecular weight excluding hydrogens is 484 g/mol. The van der Waals surface area contributed by atoms with E-state index in [2.05, 4.69) is 4.98 Å². The van der Waals surface area contributed by atoms with E-state index < -0.39 is 15.8 Å². The van der Waals surface area contributed by atoms with Crippen molar-refractivity contribution in [3.63, 3.8) is 0 Å². The standard InChI is InChI=1S/C26H24N2O7S/c1-33-12-13-34-23-14-19(16-26(29)30)15-25(17-23)36(31,32)24-8-6-22(7-9-24)35-21-4-2-20(3-5-21)28-11-10-27-18-28/h2-11,14-15,17-18H,12-13,16H2,1H3,(H,29,30). The van der Waals surface area contributed by atoms with E-state index in [0.29, 0.717) is 23.7 Å². The number of aromatic nitrogens is 2. The third-order valence-electron chi connectivity index (χ3n) is 5.17. The molecule has 1 heterocycles. The zero-order valence-electron chi connectivity index (χ0n) is 19.4. The Morgan fingerprint density at radius 2 is 1.61 bits per heavy atom. The minimum absolute atomic E-state index is 0.0422. The number of methoxy groups -OCH3 is 1. The summed E-state index contributed by atoms with van der Waals surface area (Å²) < 4.78 is 44.8. The van der Waals surface area contributed by atoms with Gasteiger partial charge in [0.05, 0.1) is 29.1 Å². The van der Waals surface area contributed by atoms with Gasteiger partial charge in [-0.1, -0.05) is 0 Å². The van der Waals surface area contributed by atoms with Crippen LogP contribution in [0.5, 0.6) is 17.2 Å². The van der Waals surface area contributed by atoms with Gasteiger partial charge in [-0.3, -0.25) is 4.79 Å². The smallest absolute Gasteiger partial charge is 0.307 e. The molecule has 4 aromatic rings. The second-order valence-corrected chi connectivity index (χ2v) is 9.71. The monoisotopic (exact) mass is 508 g/mol. The predicted molar refractivity (Wildman–Crippen MR) is 131 cm³/mol. The predicted octanol–water partition coefficient (Wildman–Crippen LogP) is 4.15. The first-order valence-corrected chi connectivity index (χ1v) is 12.4.